The number of tetrazole rings is 1. The fourth-order valence-corrected chi connectivity index (χ4v) is 1.64. The first-order valence-electron chi connectivity index (χ1n) is 4.77. The van der Waals surface area contributed by atoms with E-state index in [4.69, 9.17) is 0 Å². The normalized spacial score (nSPS) is 10.8. The quantitative estimate of drug-likeness (QED) is 0.432. The Kier molecular flexibility index (Phi) is 3.66. The Morgan fingerprint density at radius 3 is 3.00 bits per heavy atom. The summed E-state index contributed by atoms with van der Waals surface area (Å²) < 4.78 is 0.197. The van der Waals surface area contributed by atoms with Crippen LogP contribution >= 0.6 is 15.9 Å². The molecule has 0 spiro atoms. The molecular weight excluding hydrogens is 322 g/mol. The topological polar surface area (TPSA) is 142 Å². The number of nitrogens with one attached hydrogen (secondary N) is 2. The van der Waals surface area contributed by atoms with Crippen molar-refractivity contribution in [2.45, 2.75) is 0 Å². The smallest absolute Gasteiger partial charge is 0.283 e. The largest absolute Gasteiger partial charge is 0.506 e. The van der Waals surface area contributed by atoms with Gasteiger partial charge in [-0.15, -0.1) is 5.10 Å². The van der Waals surface area contributed by atoms with Gasteiger partial charge in [-0.05, 0) is 21.1 Å². The molecule has 3 N–H and O–H groups in total. The summed E-state index contributed by atoms with van der Waals surface area (Å²) in [6, 6.07) is 2.38. The number of hydrogen-bond donors (Lipinski definition) is 3. The lowest BCUT2D eigenvalue weighted by Gasteiger charge is -2.01. The number of phenols is 1. The van der Waals surface area contributed by atoms with Crippen LogP contribution in [0.5, 0.6) is 5.75 Å². The van der Waals surface area contributed by atoms with E-state index in [1.165, 1.54) is 18.3 Å². The van der Waals surface area contributed by atoms with Crippen LogP contribution in [-0.4, -0.2) is 36.9 Å². The molecule has 0 fully saturated rings. The third-order valence-electron chi connectivity index (χ3n) is 2.00. The monoisotopic (exact) mass is 327 g/mol. The number of non-ortho nitro benzene ring substituents is 1. The van der Waals surface area contributed by atoms with Crippen molar-refractivity contribution in [3.8, 4) is 5.75 Å². The Morgan fingerprint density at radius 1 is 1.58 bits per heavy atom. The van der Waals surface area contributed by atoms with Crippen LogP contribution in [0.2, 0.25) is 0 Å². The Bertz CT molecular complexity index is 628. The van der Waals surface area contributed by atoms with Crippen molar-refractivity contribution in [1.82, 2.24) is 20.6 Å². The second kappa shape index (κ2) is 5.39. The predicted octanol–water partition coefficient (Wildman–Crippen LogP) is 1.02. The number of anilines is 1. The van der Waals surface area contributed by atoms with Crippen LogP contribution in [0.15, 0.2) is 21.7 Å². The number of nitro groups is 1. The highest BCUT2D eigenvalue weighted by Crippen LogP contribution is 2.31. The molecule has 0 aliphatic rings. The molecule has 19 heavy (non-hydrogen) atoms. The van der Waals surface area contributed by atoms with Gasteiger partial charge in [0.1, 0.15) is 5.75 Å². The molecule has 0 radical (unpaired) electrons. The first-order valence-corrected chi connectivity index (χ1v) is 5.56. The van der Waals surface area contributed by atoms with Crippen LogP contribution in [0.25, 0.3) is 0 Å². The summed E-state index contributed by atoms with van der Waals surface area (Å²) in [6.45, 7) is 0. The van der Waals surface area contributed by atoms with Crippen LogP contribution < -0.4 is 5.43 Å². The molecule has 0 aliphatic heterocycles. The van der Waals surface area contributed by atoms with Crippen molar-refractivity contribution in [2.75, 3.05) is 5.43 Å². The first kappa shape index (κ1) is 12.9. The summed E-state index contributed by atoms with van der Waals surface area (Å²) in [6.07, 6.45) is 1.20. The Balaban J connectivity index is 2.23. The summed E-state index contributed by atoms with van der Waals surface area (Å²) in [7, 11) is 0. The van der Waals surface area contributed by atoms with Crippen LogP contribution in [0, 0.1) is 10.1 Å². The van der Waals surface area contributed by atoms with Gasteiger partial charge in [0.2, 0.25) is 0 Å². The van der Waals surface area contributed by atoms with Crippen molar-refractivity contribution in [2.24, 2.45) is 5.10 Å². The third kappa shape index (κ3) is 3.01. The van der Waals surface area contributed by atoms with Gasteiger partial charge in [-0.25, -0.2) is 5.43 Å². The molecule has 11 heteroatoms. The molecule has 2 rings (SSSR count). The standard InChI is InChI=1S/C8H6BrN7O3/c9-6-2-5(16(18)19)1-4(7(6)17)3-10-11-8-12-14-15-13-8/h1-3,17H,(H2,11,12,13,14,15)/b10-3+. The average molecular weight is 328 g/mol. The Morgan fingerprint density at radius 2 is 2.37 bits per heavy atom. The van der Waals surface area contributed by atoms with Crippen LogP contribution in [0.1, 0.15) is 5.56 Å². The minimum absolute atomic E-state index is 0.125. The number of halogens is 1. The number of hydrazone groups is 1. The van der Waals surface area contributed by atoms with Gasteiger partial charge in [0.05, 0.1) is 15.6 Å². The zero-order valence-electron chi connectivity index (χ0n) is 9.11. The highest BCUT2D eigenvalue weighted by Gasteiger charge is 2.13. The number of nitro benzene ring substituents is 1. The molecule has 0 bridgehead atoms. The van der Waals surface area contributed by atoms with Crippen molar-refractivity contribution >= 4 is 33.8 Å². The van der Waals surface area contributed by atoms with Gasteiger partial charge in [0.15, 0.2) is 0 Å². The van der Waals surface area contributed by atoms with Gasteiger partial charge in [-0.1, -0.05) is 5.10 Å². The maximum Gasteiger partial charge on any atom is 0.283 e. The van der Waals surface area contributed by atoms with E-state index in [1.54, 1.807) is 0 Å². The minimum Gasteiger partial charge on any atom is -0.506 e. The van der Waals surface area contributed by atoms with E-state index in [2.05, 4.69) is 47.1 Å². The fraction of sp³-hybridized carbons (Fsp3) is 0. The number of hydrogen-bond acceptors (Lipinski definition) is 8. The molecule has 1 heterocycles. The molecular formula is C8H6BrN7O3. The van der Waals surface area contributed by atoms with E-state index < -0.39 is 4.92 Å². The Labute approximate surface area is 113 Å². The van der Waals surface area contributed by atoms with Crippen molar-refractivity contribution in [3.05, 3.63) is 32.3 Å². The van der Waals surface area contributed by atoms with Crippen molar-refractivity contribution < 1.29 is 10.0 Å². The highest BCUT2D eigenvalue weighted by atomic mass is 79.9. The van der Waals surface area contributed by atoms with Gasteiger partial charge in [0, 0.05) is 17.7 Å². The molecule has 0 unspecified atom stereocenters. The zero-order chi connectivity index (χ0) is 13.8. The number of rotatable bonds is 4. The highest BCUT2D eigenvalue weighted by molar-refractivity contribution is 9.10. The van der Waals surface area contributed by atoms with E-state index in [0.29, 0.717) is 0 Å². The molecule has 1 aromatic carbocycles. The summed E-state index contributed by atoms with van der Waals surface area (Å²) in [5.74, 6) is -0.0375. The minimum atomic E-state index is -0.575. The zero-order valence-corrected chi connectivity index (χ0v) is 10.7. The summed E-state index contributed by atoms with van der Waals surface area (Å²) >= 11 is 3.02. The van der Waals surface area contributed by atoms with Crippen molar-refractivity contribution in [1.29, 1.82) is 0 Å². The number of benzene rings is 1. The second-order valence-electron chi connectivity index (χ2n) is 3.23. The number of phenolic OH excluding ortho intramolecular Hbond substituents is 1. The molecule has 98 valence electrons. The lowest BCUT2D eigenvalue weighted by atomic mass is 10.2. The molecule has 0 amide bonds. The molecule has 0 atom stereocenters. The summed E-state index contributed by atoms with van der Waals surface area (Å²) in [5, 5.41) is 36.8. The van der Waals surface area contributed by atoms with E-state index in [0.717, 1.165) is 0 Å². The van der Waals surface area contributed by atoms with E-state index in [-0.39, 0.29) is 27.4 Å². The van der Waals surface area contributed by atoms with Crippen LogP contribution in [0.3, 0.4) is 0 Å². The van der Waals surface area contributed by atoms with Gasteiger partial charge in [-0.2, -0.15) is 10.3 Å². The molecule has 10 nitrogen and oxygen atoms in total. The van der Waals surface area contributed by atoms with Crippen LogP contribution in [-0.2, 0) is 0 Å². The van der Waals surface area contributed by atoms with E-state index in [9.17, 15) is 15.2 Å². The van der Waals surface area contributed by atoms with Gasteiger partial charge < -0.3 is 5.11 Å². The number of aromatic nitrogens is 4. The molecule has 0 saturated heterocycles. The number of aromatic hydroxyl groups is 1. The van der Waals surface area contributed by atoms with Gasteiger partial charge in [-0.3, -0.25) is 10.1 Å². The fourth-order valence-electron chi connectivity index (χ4n) is 1.18. The SMILES string of the molecule is O=[N+]([O-])c1cc(Br)c(O)c(/C=N/Nc2nn[nH]n2)c1. The number of H-pyrrole nitrogens is 1. The average Bonchev–Trinajstić information content (AvgIpc) is 2.87. The van der Waals surface area contributed by atoms with Gasteiger partial charge >= 0.3 is 0 Å². The molecule has 1 aromatic heterocycles. The number of aromatic amines is 1. The Hall–Kier alpha value is -2.56. The molecule has 2 aromatic rings. The second-order valence-corrected chi connectivity index (χ2v) is 4.08. The lowest BCUT2D eigenvalue weighted by molar-refractivity contribution is -0.385. The van der Waals surface area contributed by atoms with Crippen LogP contribution in [0.4, 0.5) is 11.6 Å². The maximum atomic E-state index is 10.7. The first-order chi connectivity index (χ1) is 9.08. The predicted molar refractivity (Wildman–Crippen MR) is 67.9 cm³/mol. The van der Waals surface area contributed by atoms with E-state index >= 15 is 0 Å². The van der Waals surface area contributed by atoms with Crippen molar-refractivity contribution in [3.63, 3.8) is 0 Å². The summed E-state index contributed by atoms with van der Waals surface area (Å²) in [4.78, 5) is 10.1. The third-order valence-corrected chi connectivity index (χ3v) is 2.61. The summed E-state index contributed by atoms with van der Waals surface area (Å²) in [5.41, 5.74) is 2.41. The molecule has 0 saturated carbocycles. The lowest BCUT2D eigenvalue weighted by Crippen LogP contribution is -1.95. The molecule has 0 aliphatic carbocycles. The van der Waals surface area contributed by atoms with E-state index in [1.807, 2.05) is 0 Å². The number of nitrogens with zero attached hydrogens (tertiary/aromatic N) is 5. The van der Waals surface area contributed by atoms with Gasteiger partial charge in [0.25, 0.3) is 11.6 Å². The maximum absolute atomic E-state index is 10.7.